The van der Waals surface area contributed by atoms with E-state index in [2.05, 4.69) is 10.0 Å². The van der Waals surface area contributed by atoms with E-state index in [9.17, 15) is 13.2 Å². The minimum atomic E-state index is -3.93. The second-order valence-corrected chi connectivity index (χ2v) is 6.59. The summed E-state index contributed by atoms with van der Waals surface area (Å²) in [6, 6.07) is 14.8. The Balaban J connectivity index is 2.05. The van der Waals surface area contributed by atoms with Crippen molar-refractivity contribution >= 4 is 21.6 Å². The second-order valence-electron chi connectivity index (χ2n) is 4.85. The van der Waals surface area contributed by atoms with Crippen LogP contribution in [0.3, 0.4) is 0 Å². The zero-order valence-corrected chi connectivity index (χ0v) is 13.2. The topological polar surface area (TPSA) is 99.1 Å². The van der Waals surface area contributed by atoms with Crippen molar-refractivity contribution in [2.45, 2.75) is 11.8 Å². The van der Waals surface area contributed by atoms with Gasteiger partial charge < -0.3 is 5.32 Å². The number of carbonyl (C=O) groups excluding carboxylic acids is 1. The number of rotatable bonds is 5. The number of hydrogen-bond donors (Lipinski definition) is 2. The van der Waals surface area contributed by atoms with E-state index in [1.807, 2.05) is 19.1 Å². The van der Waals surface area contributed by atoms with E-state index in [4.69, 9.17) is 5.26 Å². The Labute approximate surface area is 134 Å². The lowest BCUT2D eigenvalue weighted by atomic mass is 10.2. The summed E-state index contributed by atoms with van der Waals surface area (Å²) in [5.74, 6) is -0.492. The van der Waals surface area contributed by atoms with Gasteiger partial charge in [-0.3, -0.25) is 4.79 Å². The Bertz CT molecular complexity index is 870. The largest absolute Gasteiger partial charge is 0.325 e. The SMILES string of the molecule is Cc1cccc(NC(=O)CNS(=O)(=O)c2ccccc2C#N)c1. The Kier molecular flexibility index (Phi) is 5.11. The van der Waals surface area contributed by atoms with Crippen molar-refractivity contribution in [1.82, 2.24) is 4.72 Å². The maximum Gasteiger partial charge on any atom is 0.242 e. The minimum Gasteiger partial charge on any atom is -0.325 e. The van der Waals surface area contributed by atoms with Crippen LogP contribution in [0.5, 0.6) is 0 Å². The van der Waals surface area contributed by atoms with Gasteiger partial charge in [-0.15, -0.1) is 0 Å². The zero-order chi connectivity index (χ0) is 16.9. The van der Waals surface area contributed by atoms with Gasteiger partial charge in [-0.05, 0) is 36.8 Å². The molecule has 0 aliphatic heterocycles. The summed E-state index contributed by atoms with van der Waals surface area (Å²) in [5.41, 5.74) is 1.59. The number of aryl methyl sites for hydroxylation is 1. The molecule has 2 aromatic carbocycles. The van der Waals surface area contributed by atoms with Gasteiger partial charge in [0.1, 0.15) is 6.07 Å². The third-order valence-electron chi connectivity index (χ3n) is 3.02. The van der Waals surface area contributed by atoms with Crippen LogP contribution in [0.25, 0.3) is 0 Å². The smallest absolute Gasteiger partial charge is 0.242 e. The molecular weight excluding hydrogens is 314 g/mol. The van der Waals surface area contributed by atoms with Crippen molar-refractivity contribution in [3.05, 3.63) is 59.7 Å². The fraction of sp³-hybridized carbons (Fsp3) is 0.125. The lowest BCUT2D eigenvalue weighted by Gasteiger charge is -2.09. The number of hydrogen-bond acceptors (Lipinski definition) is 4. The minimum absolute atomic E-state index is 0.0269. The van der Waals surface area contributed by atoms with E-state index in [1.165, 1.54) is 18.2 Å². The summed E-state index contributed by atoms with van der Waals surface area (Å²) in [6.07, 6.45) is 0. The van der Waals surface area contributed by atoms with Gasteiger partial charge in [-0.2, -0.15) is 5.26 Å². The lowest BCUT2D eigenvalue weighted by Crippen LogP contribution is -2.33. The van der Waals surface area contributed by atoms with E-state index in [0.717, 1.165) is 5.56 Å². The van der Waals surface area contributed by atoms with Crippen molar-refractivity contribution < 1.29 is 13.2 Å². The molecule has 1 amide bonds. The lowest BCUT2D eigenvalue weighted by molar-refractivity contribution is -0.115. The summed E-state index contributed by atoms with van der Waals surface area (Å²) in [6.45, 7) is 1.47. The molecule has 118 valence electrons. The molecule has 0 atom stereocenters. The third kappa shape index (κ3) is 4.39. The molecule has 23 heavy (non-hydrogen) atoms. The number of nitrogens with one attached hydrogen (secondary N) is 2. The van der Waals surface area contributed by atoms with E-state index in [0.29, 0.717) is 5.69 Å². The van der Waals surface area contributed by atoms with E-state index >= 15 is 0 Å². The molecule has 2 N–H and O–H groups in total. The molecule has 0 unspecified atom stereocenters. The first kappa shape index (κ1) is 16.7. The van der Waals surface area contributed by atoms with Crippen LogP contribution >= 0.6 is 0 Å². The van der Waals surface area contributed by atoms with Crippen molar-refractivity contribution in [2.24, 2.45) is 0 Å². The van der Waals surface area contributed by atoms with Crippen LogP contribution in [0.1, 0.15) is 11.1 Å². The Hall–Kier alpha value is -2.69. The fourth-order valence-electron chi connectivity index (χ4n) is 1.96. The molecule has 6 nitrogen and oxygen atoms in total. The highest BCUT2D eigenvalue weighted by Gasteiger charge is 2.19. The van der Waals surface area contributed by atoms with Crippen LogP contribution in [0.15, 0.2) is 53.4 Å². The number of benzene rings is 2. The first-order valence-corrected chi connectivity index (χ1v) is 8.26. The first-order valence-electron chi connectivity index (χ1n) is 6.78. The van der Waals surface area contributed by atoms with Crippen molar-refractivity contribution in [1.29, 1.82) is 5.26 Å². The number of sulfonamides is 1. The number of anilines is 1. The Morgan fingerprint density at radius 3 is 2.61 bits per heavy atom. The van der Waals surface area contributed by atoms with Gasteiger partial charge in [0.25, 0.3) is 0 Å². The van der Waals surface area contributed by atoms with Crippen LogP contribution in [-0.2, 0) is 14.8 Å². The number of nitriles is 1. The maximum absolute atomic E-state index is 12.2. The summed E-state index contributed by atoms with van der Waals surface area (Å²) < 4.78 is 26.6. The summed E-state index contributed by atoms with van der Waals surface area (Å²) in [5, 5.41) is 11.6. The molecule has 2 rings (SSSR count). The average Bonchev–Trinajstić information content (AvgIpc) is 2.53. The van der Waals surface area contributed by atoms with E-state index < -0.39 is 22.5 Å². The van der Waals surface area contributed by atoms with Gasteiger partial charge in [0.15, 0.2) is 0 Å². The third-order valence-corrected chi connectivity index (χ3v) is 4.48. The summed E-state index contributed by atoms with van der Waals surface area (Å²) in [7, 11) is -3.93. The summed E-state index contributed by atoms with van der Waals surface area (Å²) >= 11 is 0. The molecule has 0 spiro atoms. The quantitative estimate of drug-likeness (QED) is 0.873. The molecule has 0 bridgehead atoms. The Morgan fingerprint density at radius 1 is 1.17 bits per heavy atom. The normalized spacial score (nSPS) is 10.8. The maximum atomic E-state index is 12.2. The van der Waals surface area contributed by atoms with Gasteiger partial charge in [0, 0.05) is 5.69 Å². The van der Waals surface area contributed by atoms with Gasteiger partial charge in [0.05, 0.1) is 17.0 Å². The van der Waals surface area contributed by atoms with Gasteiger partial charge >= 0.3 is 0 Å². The number of amides is 1. The highest BCUT2D eigenvalue weighted by Crippen LogP contribution is 2.14. The summed E-state index contributed by atoms with van der Waals surface area (Å²) in [4.78, 5) is 11.7. The average molecular weight is 329 g/mol. The molecule has 0 aliphatic carbocycles. The van der Waals surface area contributed by atoms with Gasteiger partial charge in [-0.25, -0.2) is 13.1 Å². The van der Waals surface area contributed by atoms with Gasteiger partial charge in [-0.1, -0.05) is 24.3 Å². The second kappa shape index (κ2) is 7.05. The number of nitrogens with zero attached hydrogens (tertiary/aromatic N) is 1. The molecule has 0 saturated carbocycles. The van der Waals surface area contributed by atoms with Crippen LogP contribution in [-0.4, -0.2) is 20.9 Å². The van der Waals surface area contributed by atoms with Gasteiger partial charge in [0.2, 0.25) is 15.9 Å². The predicted molar refractivity (Wildman–Crippen MR) is 86.2 cm³/mol. The van der Waals surface area contributed by atoms with Crippen LogP contribution in [0.2, 0.25) is 0 Å². The molecule has 0 heterocycles. The highest BCUT2D eigenvalue weighted by atomic mass is 32.2. The highest BCUT2D eigenvalue weighted by molar-refractivity contribution is 7.89. The van der Waals surface area contributed by atoms with Crippen LogP contribution in [0, 0.1) is 18.3 Å². The standard InChI is InChI=1S/C16H15N3O3S/c1-12-5-4-7-14(9-12)19-16(20)11-18-23(21,22)15-8-3-2-6-13(15)10-17/h2-9,18H,11H2,1H3,(H,19,20). The van der Waals surface area contributed by atoms with Crippen LogP contribution < -0.4 is 10.0 Å². The fourth-order valence-corrected chi connectivity index (χ4v) is 3.10. The molecule has 0 aromatic heterocycles. The molecular formula is C16H15N3O3S. The number of carbonyl (C=O) groups is 1. The predicted octanol–water partition coefficient (Wildman–Crippen LogP) is 1.78. The van der Waals surface area contributed by atoms with Crippen molar-refractivity contribution in [3.8, 4) is 6.07 Å². The van der Waals surface area contributed by atoms with Crippen LogP contribution in [0.4, 0.5) is 5.69 Å². The van der Waals surface area contributed by atoms with Crippen molar-refractivity contribution in [3.63, 3.8) is 0 Å². The Morgan fingerprint density at radius 2 is 1.91 bits per heavy atom. The zero-order valence-electron chi connectivity index (χ0n) is 12.4. The molecule has 0 aliphatic rings. The molecule has 0 radical (unpaired) electrons. The van der Waals surface area contributed by atoms with E-state index in [1.54, 1.807) is 24.3 Å². The molecule has 0 fully saturated rings. The van der Waals surface area contributed by atoms with Crippen molar-refractivity contribution in [2.75, 3.05) is 11.9 Å². The first-order chi connectivity index (χ1) is 10.9. The van der Waals surface area contributed by atoms with E-state index in [-0.39, 0.29) is 10.5 Å². The molecule has 2 aromatic rings. The molecule has 7 heteroatoms. The molecule has 0 saturated heterocycles. The monoisotopic (exact) mass is 329 g/mol.